The summed E-state index contributed by atoms with van der Waals surface area (Å²) in [6.45, 7) is 8.23. The van der Waals surface area contributed by atoms with Crippen LogP contribution in [0.4, 0.5) is 5.69 Å². The lowest BCUT2D eigenvalue weighted by Gasteiger charge is -2.35. The van der Waals surface area contributed by atoms with E-state index in [1.807, 2.05) is 18.2 Å². The summed E-state index contributed by atoms with van der Waals surface area (Å²) in [6, 6.07) is 6.36. The van der Waals surface area contributed by atoms with Crippen LogP contribution in [0.5, 0.6) is 5.75 Å². The Morgan fingerprint density at radius 1 is 1.38 bits per heavy atom. The van der Waals surface area contributed by atoms with Crippen molar-refractivity contribution < 1.29 is 4.74 Å². The van der Waals surface area contributed by atoms with Gasteiger partial charge in [-0.3, -0.25) is 0 Å². The number of ether oxygens (including phenoxy) is 1. The molecule has 0 saturated carbocycles. The van der Waals surface area contributed by atoms with E-state index in [0.717, 1.165) is 17.4 Å². The van der Waals surface area contributed by atoms with E-state index in [9.17, 15) is 0 Å². The average molecular weight is 311 g/mol. The maximum absolute atomic E-state index is 6.07. The molecular formula is C17H27ClN2O. The van der Waals surface area contributed by atoms with Crippen LogP contribution in [0.15, 0.2) is 18.2 Å². The van der Waals surface area contributed by atoms with Crippen molar-refractivity contribution in [1.82, 2.24) is 4.90 Å². The lowest BCUT2D eigenvalue weighted by molar-refractivity contribution is 0.176. The zero-order valence-electron chi connectivity index (χ0n) is 13.4. The number of nitrogens with zero attached hydrogens (tertiary/aromatic N) is 1. The van der Waals surface area contributed by atoms with Gasteiger partial charge < -0.3 is 15.0 Å². The lowest BCUT2D eigenvalue weighted by Crippen LogP contribution is -2.39. The quantitative estimate of drug-likeness (QED) is 0.849. The van der Waals surface area contributed by atoms with Crippen LogP contribution in [0.3, 0.4) is 0 Å². The SMILES string of the molecule is CCCN1CCC(C(C)Nc2ccc(Cl)c(OC)c2)CC1. The molecular weight excluding hydrogens is 284 g/mol. The van der Waals surface area contributed by atoms with Gasteiger partial charge in [-0.1, -0.05) is 18.5 Å². The molecule has 1 unspecified atom stereocenters. The van der Waals surface area contributed by atoms with E-state index in [4.69, 9.17) is 16.3 Å². The van der Waals surface area contributed by atoms with Gasteiger partial charge in [0.25, 0.3) is 0 Å². The fraction of sp³-hybridized carbons (Fsp3) is 0.647. The van der Waals surface area contributed by atoms with Gasteiger partial charge in [0, 0.05) is 17.8 Å². The Kier molecular flexibility index (Phi) is 6.19. The lowest BCUT2D eigenvalue weighted by atomic mass is 9.90. The zero-order chi connectivity index (χ0) is 15.2. The molecule has 0 bridgehead atoms. The summed E-state index contributed by atoms with van der Waals surface area (Å²) in [5.74, 6) is 1.46. The molecule has 0 spiro atoms. The van der Waals surface area contributed by atoms with Gasteiger partial charge in [0.2, 0.25) is 0 Å². The molecule has 4 heteroatoms. The summed E-state index contributed by atoms with van der Waals surface area (Å²) in [5, 5.41) is 4.26. The van der Waals surface area contributed by atoms with Crippen molar-refractivity contribution in [3.8, 4) is 5.75 Å². The third kappa shape index (κ3) is 4.52. The molecule has 0 radical (unpaired) electrons. The van der Waals surface area contributed by atoms with Gasteiger partial charge in [0.05, 0.1) is 12.1 Å². The van der Waals surface area contributed by atoms with Crippen LogP contribution >= 0.6 is 11.6 Å². The van der Waals surface area contributed by atoms with Crippen LogP contribution in [0, 0.1) is 5.92 Å². The van der Waals surface area contributed by atoms with Crippen LogP contribution < -0.4 is 10.1 Å². The maximum Gasteiger partial charge on any atom is 0.139 e. The number of methoxy groups -OCH3 is 1. The molecule has 1 aliphatic rings. The van der Waals surface area contributed by atoms with Crippen molar-refractivity contribution in [3.05, 3.63) is 23.2 Å². The predicted octanol–water partition coefficient (Wildman–Crippen LogP) is 4.27. The summed E-state index contributed by atoms with van der Waals surface area (Å²) in [7, 11) is 1.65. The van der Waals surface area contributed by atoms with E-state index in [-0.39, 0.29) is 0 Å². The minimum Gasteiger partial charge on any atom is -0.495 e. The van der Waals surface area contributed by atoms with E-state index in [1.165, 1.54) is 38.9 Å². The van der Waals surface area contributed by atoms with Crippen LogP contribution in [-0.2, 0) is 0 Å². The number of rotatable bonds is 6. The second-order valence-electron chi connectivity index (χ2n) is 5.96. The molecule has 1 saturated heterocycles. The number of halogens is 1. The van der Waals surface area contributed by atoms with E-state index in [2.05, 4.69) is 24.1 Å². The summed E-state index contributed by atoms with van der Waals surface area (Å²) in [5.41, 5.74) is 1.08. The van der Waals surface area contributed by atoms with Crippen LogP contribution in [0.2, 0.25) is 5.02 Å². The topological polar surface area (TPSA) is 24.5 Å². The Bertz CT molecular complexity index is 444. The highest BCUT2D eigenvalue weighted by Crippen LogP contribution is 2.29. The minimum absolute atomic E-state index is 0.472. The number of piperidine rings is 1. The smallest absolute Gasteiger partial charge is 0.139 e. The molecule has 2 rings (SSSR count). The Morgan fingerprint density at radius 3 is 2.71 bits per heavy atom. The molecule has 1 N–H and O–H groups in total. The second kappa shape index (κ2) is 7.90. The first-order valence-electron chi connectivity index (χ1n) is 7.96. The third-order valence-corrected chi connectivity index (χ3v) is 4.74. The standard InChI is InChI=1S/C17H27ClN2O/c1-4-9-20-10-7-14(8-11-20)13(2)19-15-5-6-16(18)17(12-15)21-3/h5-6,12-14,19H,4,7-11H2,1-3H3. The number of benzene rings is 1. The fourth-order valence-electron chi connectivity index (χ4n) is 3.12. The van der Waals surface area contributed by atoms with Crippen LogP contribution in [-0.4, -0.2) is 37.7 Å². The Morgan fingerprint density at radius 2 is 2.10 bits per heavy atom. The Hall–Kier alpha value is -0.930. The number of hydrogen-bond donors (Lipinski definition) is 1. The largest absolute Gasteiger partial charge is 0.495 e. The molecule has 1 fully saturated rings. The number of anilines is 1. The predicted molar refractivity (Wildman–Crippen MR) is 90.5 cm³/mol. The number of hydrogen-bond acceptors (Lipinski definition) is 3. The maximum atomic E-state index is 6.07. The van der Waals surface area contributed by atoms with Crippen molar-refractivity contribution in [2.24, 2.45) is 5.92 Å². The van der Waals surface area contributed by atoms with E-state index in [1.54, 1.807) is 7.11 Å². The molecule has 118 valence electrons. The first-order valence-corrected chi connectivity index (χ1v) is 8.34. The summed E-state index contributed by atoms with van der Waals surface area (Å²) < 4.78 is 5.28. The minimum atomic E-state index is 0.472. The van der Waals surface area contributed by atoms with Gasteiger partial charge in [0.1, 0.15) is 5.75 Å². The van der Waals surface area contributed by atoms with Gasteiger partial charge in [-0.2, -0.15) is 0 Å². The van der Waals surface area contributed by atoms with Crippen molar-refractivity contribution in [2.75, 3.05) is 32.1 Å². The highest BCUT2D eigenvalue weighted by molar-refractivity contribution is 6.32. The van der Waals surface area contributed by atoms with Crippen molar-refractivity contribution >= 4 is 17.3 Å². The molecule has 0 amide bonds. The normalized spacial score (nSPS) is 18.5. The Balaban J connectivity index is 1.88. The highest BCUT2D eigenvalue weighted by atomic mass is 35.5. The van der Waals surface area contributed by atoms with E-state index in [0.29, 0.717) is 11.1 Å². The molecule has 0 aliphatic carbocycles. The first kappa shape index (κ1) is 16.4. The second-order valence-corrected chi connectivity index (χ2v) is 6.37. The highest BCUT2D eigenvalue weighted by Gasteiger charge is 2.23. The van der Waals surface area contributed by atoms with Crippen LogP contribution in [0.1, 0.15) is 33.1 Å². The molecule has 1 heterocycles. The van der Waals surface area contributed by atoms with Crippen molar-refractivity contribution in [2.45, 2.75) is 39.2 Å². The summed E-state index contributed by atoms with van der Waals surface area (Å²) in [4.78, 5) is 2.58. The molecule has 1 aromatic rings. The first-order chi connectivity index (χ1) is 10.1. The zero-order valence-corrected chi connectivity index (χ0v) is 14.1. The summed E-state index contributed by atoms with van der Waals surface area (Å²) >= 11 is 6.07. The van der Waals surface area contributed by atoms with Gasteiger partial charge in [-0.25, -0.2) is 0 Å². The molecule has 21 heavy (non-hydrogen) atoms. The number of nitrogens with one attached hydrogen (secondary N) is 1. The average Bonchev–Trinajstić information content (AvgIpc) is 2.50. The Labute approximate surface area is 133 Å². The molecule has 0 aromatic heterocycles. The van der Waals surface area contributed by atoms with E-state index < -0.39 is 0 Å². The van der Waals surface area contributed by atoms with Gasteiger partial charge >= 0.3 is 0 Å². The number of likely N-dealkylation sites (tertiary alicyclic amines) is 1. The van der Waals surface area contributed by atoms with Gasteiger partial charge in [0.15, 0.2) is 0 Å². The van der Waals surface area contributed by atoms with Crippen LogP contribution in [0.25, 0.3) is 0 Å². The monoisotopic (exact) mass is 310 g/mol. The van der Waals surface area contributed by atoms with Gasteiger partial charge in [-0.15, -0.1) is 0 Å². The van der Waals surface area contributed by atoms with Crippen molar-refractivity contribution in [1.29, 1.82) is 0 Å². The van der Waals surface area contributed by atoms with E-state index >= 15 is 0 Å². The molecule has 3 nitrogen and oxygen atoms in total. The molecule has 1 atom stereocenters. The molecule has 1 aromatic carbocycles. The third-order valence-electron chi connectivity index (χ3n) is 4.42. The molecule has 1 aliphatic heterocycles. The fourth-order valence-corrected chi connectivity index (χ4v) is 3.32. The summed E-state index contributed by atoms with van der Waals surface area (Å²) in [6.07, 6.45) is 3.81. The van der Waals surface area contributed by atoms with Gasteiger partial charge in [-0.05, 0) is 63.9 Å². The van der Waals surface area contributed by atoms with Crippen molar-refractivity contribution in [3.63, 3.8) is 0 Å².